The maximum atomic E-state index is 5.81. The second-order valence-electron chi connectivity index (χ2n) is 9.86. The third kappa shape index (κ3) is 22.1. The molecule has 224 valence electrons. The minimum atomic E-state index is 0.669. The number of unbranched alkanes of at least 4 members (excludes halogenated alkanes) is 1. The fourth-order valence-corrected chi connectivity index (χ4v) is 4.42. The van der Waals surface area contributed by atoms with Gasteiger partial charge in [0.2, 0.25) is 0 Å². The molecule has 37 heavy (non-hydrogen) atoms. The third-order valence-electron chi connectivity index (χ3n) is 6.68. The van der Waals surface area contributed by atoms with E-state index in [1.54, 1.807) is 0 Å². The van der Waals surface area contributed by atoms with E-state index in [0.717, 1.165) is 105 Å². The predicted molar refractivity (Wildman–Crippen MR) is 160 cm³/mol. The molecule has 0 rings (SSSR count). The quantitative estimate of drug-likeness (QED) is 0.0468. The Morgan fingerprint density at radius 2 is 0.757 bits per heavy atom. The minimum absolute atomic E-state index is 0.669. The lowest BCUT2D eigenvalue weighted by molar-refractivity contribution is 0.179. The number of nitrogens with zero attached hydrogens (tertiary/aromatic N) is 5. The van der Waals surface area contributed by atoms with Crippen molar-refractivity contribution in [2.45, 2.75) is 12.8 Å². The summed E-state index contributed by atoms with van der Waals surface area (Å²) in [6, 6.07) is 0. The summed E-state index contributed by atoms with van der Waals surface area (Å²) in [5, 5.41) is 3.43. The van der Waals surface area contributed by atoms with Gasteiger partial charge in [0.05, 0.1) is 0 Å². The van der Waals surface area contributed by atoms with E-state index in [4.69, 9.17) is 34.4 Å². The van der Waals surface area contributed by atoms with Crippen LogP contribution in [0.5, 0.6) is 0 Å². The number of nitrogens with one attached hydrogen (secondary N) is 1. The highest BCUT2D eigenvalue weighted by molar-refractivity contribution is 4.69. The van der Waals surface area contributed by atoms with Gasteiger partial charge in [-0.1, -0.05) is 0 Å². The molecule has 0 aliphatic carbocycles. The molecule has 12 heteroatoms. The molecule has 0 unspecified atom stereocenters. The molecule has 0 aromatic rings. The second-order valence-corrected chi connectivity index (χ2v) is 9.86. The Morgan fingerprint density at radius 1 is 0.378 bits per heavy atom. The Hall–Kier alpha value is -0.480. The van der Waals surface area contributed by atoms with Gasteiger partial charge >= 0.3 is 0 Å². The van der Waals surface area contributed by atoms with Crippen molar-refractivity contribution in [2.24, 2.45) is 34.4 Å². The van der Waals surface area contributed by atoms with Crippen LogP contribution in [0.3, 0.4) is 0 Å². The fraction of sp³-hybridized carbons (Fsp3) is 1.00. The molecule has 0 atom stereocenters. The first-order chi connectivity index (χ1) is 18.0. The van der Waals surface area contributed by atoms with E-state index >= 15 is 0 Å². The molecular formula is C25H64N12. The van der Waals surface area contributed by atoms with Gasteiger partial charge in [0.25, 0.3) is 0 Å². The highest BCUT2D eigenvalue weighted by atomic mass is 15.2. The highest BCUT2D eigenvalue weighted by Gasteiger charge is 2.12. The Bertz CT molecular complexity index is 447. The average molecular weight is 533 g/mol. The molecule has 12 nitrogen and oxygen atoms in total. The standard InChI is InChI=1S/C25H64N12/c1-33(14-5-27)20-21-35(23-25-37(17-8-30)18-9-31)13-3-2-12-34(19-11-32-10-4-26)22-24-36(15-6-28)16-7-29/h32H,2-31H2,1H3. The highest BCUT2D eigenvalue weighted by Crippen LogP contribution is 2.02. The summed E-state index contributed by atoms with van der Waals surface area (Å²) in [6.07, 6.45) is 2.35. The zero-order chi connectivity index (χ0) is 27.6. The SMILES string of the molecule is CN(CCN)CCN(CCCCN(CCNCCN)CCN(CCN)CCN)CCN(CCN)CCN. The van der Waals surface area contributed by atoms with Crippen molar-refractivity contribution in [3.05, 3.63) is 0 Å². The zero-order valence-corrected chi connectivity index (χ0v) is 24.2. The van der Waals surface area contributed by atoms with Crippen LogP contribution in [0.1, 0.15) is 12.8 Å². The normalized spacial score (nSPS) is 12.3. The van der Waals surface area contributed by atoms with Crippen molar-refractivity contribution in [1.29, 1.82) is 0 Å². The van der Waals surface area contributed by atoms with E-state index in [2.05, 4.69) is 36.9 Å². The fourth-order valence-electron chi connectivity index (χ4n) is 4.42. The van der Waals surface area contributed by atoms with Crippen LogP contribution in [0.25, 0.3) is 0 Å². The van der Waals surface area contributed by atoms with Crippen LogP contribution in [-0.2, 0) is 0 Å². The molecular weight excluding hydrogens is 468 g/mol. The van der Waals surface area contributed by atoms with Crippen molar-refractivity contribution in [3.8, 4) is 0 Å². The summed E-state index contributed by atoms with van der Waals surface area (Å²) < 4.78 is 0. The molecule has 0 fully saturated rings. The van der Waals surface area contributed by atoms with Gasteiger partial charge in [0, 0.05) is 131 Å². The first-order valence-electron chi connectivity index (χ1n) is 14.5. The van der Waals surface area contributed by atoms with Gasteiger partial charge in [-0.15, -0.1) is 0 Å². The number of likely N-dealkylation sites (N-methyl/N-ethyl adjacent to an activating group) is 1. The smallest absolute Gasteiger partial charge is 0.0110 e. The average Bonchev–Trinajstić information content (AvgIpc) is 2.88. The first-order valence-corrected chi connectivity index (χ1v) is 14.5. The van der Waals surface area contributed by atoms with Crippen molar-refractivity contribution in [1.82, 2.24) is 29.8 Å². The number of hydrogen-bond donors (Lipinski definition) is 7. The molecule has 0 aliphatic heterocycles. The topological polar surface area (TPSA) is 184 Å². The number of hydrogen-bond acceptors (Lipinski definition) is 12. The van der Waals surface area contributed by atoms with E-state index in [0.29, 0.717) is 39.3 Å². The van der Waals surface area contributed by atoms with E-state index in [1.807, 2.05) is 0 Å². The number of rotatable bonds is 29. The molecule has 0 radical (unpaired) electrons. The maximum Gasteiger partial charge on any atom is 0.0110 e. The molecule has 0 aromatic heterocycles. The van der Waals surface area contributed by atoms with Gasteiger partial charge in [-0.25, -0.2) is 0 Å². The van der Waals surface area contributed by atoms with Crippen LogP contribution in [0.15, 0.2) is 0 Å². The summed E-state index contributed by atoms with van der Waals surface area (Å²) in [5.41, 5.74) is 34.6. The Morgan fingerprint density at radius 3 is 1.16 bits per heavy atom. The van der Waals surface area contributed by atoms with Crippen molar-refractivity contribution >= 4 is 0 Å². The van der Waals surface area contributed by atoms with Gasteiger partial charge < -0.3 is 54.4 Å². The van der Waals surface area contributed by atoms with Crippen LogP contribution in [-0.4, -0.2) is 176 Å². The number of nitrogens with two attached hydrogens (primary N) is 6. The molecule has 0 spiro atoms. The maximum absolute atomic E-state index is 5.81. The second kappa shape index (κ2) is 27.1. The van der Waals surface area contributed by atoms with Gasteiger partial charge in [-0.2, -0.15) is 0 Å². The summed E-state index contributed by atoms with van der Waals surface area (Å²) in [6.45, 7) is 19.8. The van der Waals surface area contributed by atoms with E-state index in [9.17, 15) is 0 Å². The molecule has 0 saturated heterocycles. The molecule has 0 aromatic carbocycles. The van der Waals surface area contributed by atoms with E-state index in [-0.39, 0.29) is 0 Å². The van der Waals surface area contributed by atoms with E-state index < -0.39 is 0 Å². The summed E-state index contributed by atoms with van der Waals surface area (Å²) in [5.74, 6) is 0. The summed E-state index contributed by atoms with van der Waals surface area (Å²) >= 11 is 0. The molecule has 0 heterocycles. The van der Waals surface area contributed by atoms with Crippen LogP contribution in [0.4, 0.5) is 0 Å². The Labute approximate surface area is 228 Å². The lowest BCUT2D eigenvalue weighted by atomic mass is 10.2. The van der Waals surface area contributed by atoms with Crippen LogP contribution >= 0.6 is 0 Å². The van der Waals surface area contributed by atoms with Gasteiger partial charge in [-0.3, -0.25) is 9.80 Å². The minimum Gasteiger partial charge on any atom is -0.329 e. The van der Waals surface area contributed by atoms with Crippen LogP contribution in [0, 0.1) is 0 Å². The van der Waals surface area contributed by atoms with Crippen molar-refractivity contribution in [3.63, 3.8) is 0 Å². The summed E-state index contributed by atoms with van der Waals surface area (Å²) in [7, 11) is 2.15. The summed E-state index contributed by atoms with van der Waals surface area (Å²) in [4.78, 5) is 12.2. The molecule has 0 saturated carbocycles. The molecule has 0 amide bonds. The van der Waals surface area contributed by atoms with Crippen LogP contribution < -0.4 is 39.7 Å². The van der Waals surface area contributed by atoms with Crippen molar-refractivity contribution in [2.75, 3.05) is 151 Å². The van der Waals surface area contributed by atoms with Gasteiger partial charge in [0.15, 0.2) is 0 Å². The van der Waals surface area contributed by atoms with Gasteiger partial charge in [-0.05, 0) is 33.0 Å². The molecule has 0 aliphatic rings. The Kier molecular flexibility index (Phi) is 26.7. The molecule has 0 bridgehead atoms. The molecule has 13 N–H and O–H groups in total. The zero-order valence-electron chi connectivity index (χ0n) is 24.2. The monoisotopic (exact) mass is 533 g/mol. The van der Waals surface area contributed by atoms with Crippen LogP contribution in [0.2, 0.25) is 0 Å². The van der Waals surface area contributed by atoms with Gasteiger partial charge in [0.1, 0.15) is 0 Å². The third-order valence-corrected chi connectivity index (χ3v) is 6.68. The Balaban J connectivity index is 4.77. The lowest BCUT2D eigenvalue weighted by Gasteiger charge is -2.30. The largest absolute Gasteiger partial charge is 0.329 e. The predicted octanol–water partition coefficient (Wildman–Crippen LogP) is -3.75. The van der Waals surface area contributed by atoms with Crippen molar-refractivity contribution < 1.29 is 0 Å². The first kappa shape index (κ1) is 36.5. The van der Waals surface area contributed by atoms with E-state index in [1.165, 1.54) is 12.8 Å². The lowest BCUT2D eigenvalue weighted by Crippen LogP contribution is -2.43.